The number of anilines is 1. The molecule has 1 heterocycles. The molecule has 4 rings (SSSR count). The first-order chi connectivity index (χ1) is 16.0. The van der Waals surface area contributed by atoms with Crippen molar-refractivity contribution >= 4 is 23.4 Å². The van der Waals surface area contributed by atoms with Crippen LogP contribution in [0.3, 0.4) is 0 Å². The maximum atomic E-state index is 13.9. The lowest BCUT2D eigenvalue weighted by molar-refractivity contribution is -0.115. The summed E-state index contributed by atoms with van der Waals surface area (Å²) in [5.74, 6) is -1.02. The number of halogens is 2. The third-order valence-corrected chi connectivity index (χ3v) is 5.67. The monoisotopic (exact) mass is 467 g/mol. The molecule has 0 saturated carbocycles. The van der Waals surface area contributed by atoms with Crippen LogP contribution in [0, 0.1) is 11.6 Å². The summed E-state index contributed by atoms with van der Waals surface area (Å²) in [6, 6.07) is 20.6. The topological polar surface area (TPSA) is 77.2 Å². The molecule has 1 N–H and O–H groups in total. The van der Waals surface area contributed by atoms with E-state index < -0.39 is 23.0 Å². The highest BCUT2D eigenvalue weighted by Gasteiger charge is 2.26. The average molecular weight is 467 g/mol. The normalized spacial score (nSPS) is 12.7. The van der Waals surface area contributed by atoms with Crippen LogP contribution in [0.15, 0.2) is 88.5 Å². The van der Waals surface area contributed by atoms with Gasteiger partial charge in [-0.25, -0.2) is 8.78 Å². The molecule has 3 aromatic carbocycles. The molecule has 0 aliphatic rings. The predicted octanol–water partition coefficient (Wildman–Crippen LogP) is 5.96. The summed E-state index contributed by atoms with van der Waals surface area (Å²) in [6.07, 6.45) is -0.702. The van der Waals surface area contributed by atoms with E-state index in [0.29, 0.717) is 5.69 Å². The number of para-hydroxylation sites is 1. The van der Waals surface area contributed by atoms with Crippen molar-refractivity contribution in [1.82, 2.24) is 10.2 Å². The second kappa shape index (κ2) is 10.3. The lowest BCUT2D eigenvalue weighted by Crippen LogP contribution is -2.19. The van der Waals surface area contributed by atoms with E-state index >= 15 is 0 Å². The summed E-state index contributed by atoms with van der Waals surface area (Å²) in [7, 11) is 0. The lowest BCUT2D eigenvalue weighted by Gasteiger charge is -2.15. The van der Waals surface area contributed by atoms with Gasteiger partial charge < -0.3 is 14.5 Å². The van der Waals surface area contributed by atoms with E-state index in [1.165, 1.54) is 36.4 Å². The number of benzene rings is 3. The van der Waals surface area contributed by atoms with Gasteiger partial charge in [0.25, 0.3) is 11.1 Å². The number of ether oxygens (including phenoxy) is 1. The molecule has 168 valence electrons. The van der Waals surface area contributed by atoms with Crippen LogP contribution in [-0.4, -0.2) is 16.1 Å². The minimum absolute atomic E-state index is 0.0678. The Kier molecular flexibility index (Phi) is 6.99. The molecule has 2 unspecified atom stereocenters. The number of thioether (sulfide) groups is 1. The van der Waals surface area contributed by atoms with Gasteiger partial charge in [0.2, 0.25) is 5.91 Å². The minimum atomic E-state index is -0.715. The molecular formula is C24H19F2N3O3S. The van der Waals surface area contributed by atoms with Gasteiger partial charge in [0.1, 0.15) is 11.1 Å². The van der Waals surface area contributed by atoms with Crippen molar-refractivity contribution in [3.8, 4) is 5.75 Å². The largest absolute Gasteiger partial charge is 0.478 e. The van der Waals surface area contributed by atoms with Crippen LogP contribution in [0.4, 0.5) is 14.5 Å². The number of hydrogen-bond donors (Lipinski definition) is 1. The minimum Gasteiger partial charge on any atom is -0.478 e. The third kappa shape index (κ3) is 5.75. The summed E-state index contributed by atoms with van der Waals surface area (Å²) in [6.45, 7) is 1.66. The number of hydrogen-bond acceptors (Lipinski definition) is 6. The van der Waals surface area contributed by atoms with Crippen molar-refractivity contribution in [2.24, 2.45) is 0 Å². The predicted molar refractivity (Wildman–Crippen MR) is 120 cm³/mol. The second-order valence-corrected chi connectivity index (χ2v) is 8.06. The molecule has 4 aromatic rings. The van der Waals surface area contributed by atoms with Crippen LogP contribution in [-0.2, 0) is 4.79 Å². The molecule has 0 spiro atoms. The molecule has 0 fully saturated rings. The molecule has 1 amide bonds. The van der Waals surface area contributed by atoms with E-state index in [0.717, 1.165) is 17.3 Å². The molecule has 0 aliphatic heterocycles. The molecule has 0 aliphatic carbocycles. The second-order valence-electron chi connectivity index (χ2n) is 7.00. The van der Waals surface area contributed by atoms with E-state index in [1.807, 2.05) is 30.3 Å². The Labute approximate surface area is 193 Å². The molecule has 33 heavy (non-hydrogen) atoms. The molecule has 1 aromatic heterocycles. The Morgan fingerprint density at radius 1 is 0.970 bits per heavy atom. The van der Waals surface area contributed by atoms with Crippen LogP contribution < -0.4 is 10.1 Å². The lowest BCUT2D eigenvalue weighted by atomic mass is 10.1. The summed E-state index contributed by atoms with van der Waals surface area (Å²) < 4.78 is 38.3. The SMILES string of the molecule is CC(Oc1ccccc1F)c1nnc(SC(C(=O)Nc2ccc(F)cc2)c2ccccc2)o1. The van der Waals surface area contributed by atoms with Gasteiger partial charge in [-0.15, -0.1) is 10.2 Å². The summed E-state index contributed by atoms with van der Waals surface area (Å²) in [5, 5.41) is 10.2. The zero-order valence-corrected chi connectivity index (χ0v) is 18.3. The molecule has 0 radical (unpaired) electrons. The van der Waals surface area contributed by atoms with Crippen LogP contribution in [0.2, 0.25) is 0 Å². The van der Waals surface area contributed by atoms with Gasteiger partial charge in [-0.2, -0.15) is 0 Å². The van der Waals surface area contributed by atoms with Crippen molar-refractivity contribution in [1.29, 1.82) is 0 Å². The van der Waals surface area contributed by atoms with Crippen LogP contribution in [0.5, 0.6) is 5.75 Å². The van der Waals surface area contributed by atoms with Crippen molar-refractivity contribution in [2.75, 3.05) is 5.32 Å². The molecule has 0 saturated heterocycles. The first kappa shape index (κ1) is 22.5. The Morgan fingerprint density at radius 3 is 2.39 bits per heavy atom. The smallest absolute Gasteiger partial charge is 0.277 e. The number of amides is 1. The molecule has 0 bridgehead atoms. The summed E-state index contributed by atoms with van der Waals surface area (Å²) in [5.41, 5.74) is 1.18. The number of nitrogens with zero attached hydrogens (tertiary/aromatic N) is 2. The maximum absolute atomic E-state index is 13.9. The summed E-state index contributed by atoms with van der Waals surface area (Å²) in [4.78, 5) is 13.0. The molecule has 6 nitrogen and oxygen atoms in total. The quantitative estimate of drug-likeness (QED) is 0.322. The molecular weight excluding hydrogens is 448 g/mol. The number of nitrogens with one attached hydrogen (secondary N) is 1. The van der Waals surface area contributed by atoms with Crippen molar-refractivity contribution < 1.29 is 22.7 Å². The van der Waals surface area contributed by atoms with Crippen molar-refractivity contribution in [2.45, 2.75) is 23.5 Å². The zero-order valence-electron chi connectivity index (χ0n) is 17.4. The van der Waals surface area contributed by atoms with Gasteiger partial charge in [0.15, 0.2) is 17.7 Å². The van der Waals surface area contributed by atoms with Gasteiger partial charge in [0, 0.05) is 5.69 Å². The highest BCUT2D eigenvalue weighted by atomic mass is 32.2. The van der Waals surface area contributed by atoms with Gasteiger partial charge in [-0.1, -0.05) is 42.5 Å². The van der Waals surface area contributed by atoms with Gasteiger partial charge >= 0.3 is 0 Å². The highest BCUT2D eigenvalue weighted by molar-refractivity contribution is 8.00. The van der Waals surface area contributed by atoms with Crippen LogP contribution >= 0.6 is 11.8 Å². The Balaban J connectivity index is 1.51. The van der Waals surface area contributed by atoms with Crippen molar-refractivity contribution in [3.05, 3.63) is 102 Å². The Hall–Kier alpha value is -3.72. The number of carbonyl (C=O) groups is 1. The third-order valence-electron chi connectivity index (χ3n) is 4.58. The van der Waals surface area contributed by atoms with E-state index in [-0.39, 0.29) is 22.8 Å². The van der Waals surface area contributed by atoms with Gasteiger partial charge in [0.05, 0.1) is 0 Å². The maximum Gasteiger partial charge on any atom is 0.277 e. The zero-order chi connectivity index (χ0) is 23.2. The van der Waals surface area contributed by atoms with E-state index in [9.17, 15) is 13.6 Å². The summed E-state index contributed by atoms with van der Waals surface area (Å²) >= 11 is 1.06. The molecule has 2 atom stereocenters. The number of rotatable bonds is 8. The first-order valence-corrected chi connectivity index (χ1v) is 10.9. The van der Waals surface area contributed by atoms with E-state index in [2.05, 4.69) is 15.5 Å². The fourth-order valence-electron chi connectivity index (χ4n) is 2.96. The van der Waals surface area contributed by atoms with Crippen molar-refractivity contribution in [3.63, 3.8) is 0 Å². The Bertz CT molecular complexity index is 1220. The Morgan fingerprint density at radius 2 is 1.67 bits per heavy atom. The van der Waals surface area contributed by atoms with Crippen LogP contribution in [0.1, 0.15) is 29.7 Å². The highest BCUT2D eigenvalue weighted by Crippen LogP contribution is 2.36. The van der Waals surface area contributed by atoms with E-state index in [1.54, 1.807) is 19.1 Å². The van der Waals surface area contributed by atoms with Crippen LogP contribution in [0.25, 0.3) is 0 Å². The standard InChI is InChI=1S/C24H19F2N3O3S/c1-15(31-20-10-6-5-9-19(20)26)23-28-29-24(32-23)33-21(16-7-3-2-4-8-16)22(30)27-18-13-11-17(25)12-14-18/h2-15,21H,1H3,(H,27,30). The van der Waals surface area contributed by atoms with E-state index in [4.69, 9.17) is 9.15 Å². The van der Waals surface area contributed by atoms with Gasteiger partial charge in [-0.3, -0.25) is 4.79 Å². The fraction of sp³-hybridized carbons (Fsp3) is 0.125. The first-order valence-electron chi connectivity index (χ1n) is 10.0. The number of aromatic nitrogens is 2. The fourth-order valence-corrected chi connectivity index (χ4v) is 3.84. The average Bonchev–Trinajstić information content (AvgIpc) is 3.30. The van der Waals surface area contributed by atoms with Gasteiger partial charge in [-0.05, 0) is 60.6 Å². The number of carbonyl (C=O) groups excluding carboxylic acids is 1. The molecule has 9 heteroatoms.